The number of nitrogens with one attached hydrogen (secondary N) is 3. The molecule has 1 aromatic carbocycles. The molecule has 6 nitrogen and oxygen atoms in total. The lowest BCUT2D eigenvalue weighted by Gasteiger charge is -2.26. The van der Waals surface area contributed by atoms with Crippen LogP contribution in [0.25, 0.3) is 0 Å². The summed E-state index contributed by atoms with van der Waals surface area (Å²) in [6.07, 6.45) is 2.59. The molecule has 5 N–H and O–H groups in total. The molecule has 1 fully saturated rings. The number of fused-ring (bicyclic) bond motifs is 1. The first-order chi connectivity index (χ1) is 9.61. The van der Waals surface area contributed by atoms with Gasteiger partial charge in [-0.2, -0.15) is 0 Å². The maximum Gasteiger partial charge on any atom is 0.224 e. The Morgan fingerprint density at radius 2 is 2.00 bits per heavy atom. The summed E-state index contributed by atoms with van der Waals surface area (Å²) in [6, 6.07) is 4.00. The normalized spacial score (nSPS) is 21.7. The minimum Gasteiger partial charge on any atom is -0.397 e. The van der Waals surface area contributed by atoms with Crippen LogP contribution in [0.15, 0.2) is 12.1 Å². The molecular formula is C14H18N4O2. The molecule has 1 atom stereocenters. The number of nitrogen functional groups attached to an aromatic ring is 1. The van der Waals surface area contributed by atoms with Crippen LogP contribution in [0.2, 0.25) is 0 Å². The van der Waals surface area contributed by atoms with Gasteiger partial charge in [0.05, 0.1) is 11.4 Å². The summed E-state index contributed by atoms with van der Waals surface area (Å²) < 4.78 is 0. The van der Waals surface area contributed by atoms with Crippen molar-refractivity contribution in [2.75, 3.05) is 22.9 Å². The van der Waals surface area contributed by atoms with E-state index in [-0.39, 0.29) is 17.9 Å². The molecule has 20 heavy (non-hydrogen) atoms. The monoisotopic (exact) mass is 274 g/mol. The van der Waals surface area contributed by atoms with Gasteiger partial charge in [-0.3, -0.25) is 9.59 Å². The van der Waals surface area contributed by atoms with Gasteiger partial charge in [-0.1, -0.05) is 0 Å². The van der Waals surface area contributed by atoms with E-state index in [0.717, 1.165) is 29.8 Å². The number of carbonyl (C=O) groups excluding carboxylic acids is 2. The van der Waals surface area contributed by atoms with E-state index in [9.17, 15) is 9.59 Å². The number of benzene rings is 1. The highest BCUT2D eigenvalue weighted by Gasteiger charge is 2.20. The van der Waals surface area contributed by atoms with Gasteiger partial charge < -0.3 is 21.7 Å². The van der Waals surface area contributed by atoms with Crippen LogP contribution < -0.4 is 21.7 Å². The average Bonchev–Trinajstić information content (AvgIpc) is 2.42. The van der Waals surface area contributed by atoms with Crippen LogP contribution in [0.3, 0.4) is 0 Å². The maximum atomic E-state index is 11.4. The quantitative estimate of drug-likeness (QED) is 0.601. The zero-order chi connectivity index (χ0) is 14.1. The molecule has 0 radical (unpaired) electrons. The molecular weight excluding hydrogens is 256 g/mol. The molecule has 0 saturated carbocycles. The molecule has 2 amide bonds. The molecule has 0 spiro atoms. The SMILES string of the molecule is Nc1cc2c(cc1NC1CCC(=O)NC1)CCC(=O)N2. The molecule has 2 aliphatic rings. The van der Waals surface area contributed by atoms with E-state index >= 15 is 0 Å². The lowest BCUT2D eigenvalue weighted by Crippen LogP contribution is -2.42. The molecule has 1 unspecified atom stereocenters. The predicted octanol–water partition coefficient (Wildman–Crippen LogP) is 0.844. The van der Waals surface area contributed by atoms with Gasteiger partial charge in [-0.05, 0) is 30.5 Å². The number of nitrogens with two attached hydrogens (primary N) is 1. The van der Waals surface area contributed by atoms with Crippen molar-refractivity contribution in [1.82, 2.24) is 5.32 Å². The Morgan fingerprint density at radius 3 is 2.75 bits per heavy atom. The van der Waals surface area contributed by atoms with E-state index in [1.165, 1.54) is 0 Å². The van der Waals surface area contributed by atoms with Crippen LogP contribution in [0, 0.1) is 0 Å². The molecule has 1 saturated heterocycles. The number of rotatable bonds is 2. The Kier molecular flexibility index (Phi) is 3.22. The predicted molar refractivity (Wildman–Crippen MR) is 77.5 cm³/mol. The van der Waals surface area contributed by atoms with Crippen molar-refractivity contribution in [1.29, 1.82) is 0 Å². The maximum absolute atomic E-state index is 11.4. The largest absolute Gasteiger partial charge is 0.397 e. The minimum absolute atomic E-state index is 0.0348. The summed E-state index contributed by atoms with van der Waals surface area (Å²) >= 11 is 0. The summed E-state index contributed by atoms with van der Waals surface area (Å²) in [5, 5.41) is 9.05. The lowest BCUT2D eigenvalue weighted by atomic mass is 10.0. The van der Waals surface area contributed by atoms with Crippen LogP contribution in [-0.2, 0) is 16.0 Å². The van der Waals surface area contributed by atoms with Crippen LogP contribution >= 0.6 is 0 Å². The van der Waals surface area contributed by atoms with Gasteiger partial charge in [0.1, 0.15) is 0 Å². The zero-order valence-electron chi connectivity index (χ0n) is 11.2. The van der Waals surface area contributed by atoms with E-state index in [1.54, 1.807) is 6.07 Å². The Morgan fingerprint density at radius 1 is 1.15 bits per heavy atom. The molecule has 6 heteroatoms. The highest BCUT2D eigenvalue weighted by Crippen LogP contribution is 2.31. The van der Waals surface area contributed by atoms with Crippen molar-refractivity contribution < 1.29 is 9.59 Å². The Balaban J connectivity index is 1.77. The second-order valence-corrected chi connectivity index (χ2v) is 5.33. The van der Waals surface area contributed by atoms with Gasteiger partial charge in [0.25, 0.3) is 0 Å². The number of amides is 2. The second-order valence-electron chi connectivity index (χ2n) is 5.33. The number of hydrogen-bond donors (Lipinski definition) is 4. The number of aryl methyl sites for hydroxylation is 1. The molecule has 106 valence electrons. The molecule has 0 aromatic heterocycles. The van der Waals surface area contributed by atoms with Crippen molar-refractivity contribution in [3.05, 3.63) is 17.7 Å². The third-order valence-corrected chi connectivity index (χ3v) is 3.80. The summed E-state index contributed by atoms with van der Waals surface area (Å²) in [4.78, 5) is 22.5. The summed E-state index contributed by atoms with van der Waals surface area (Å²) in [6.45, 7) is 0.617. The Bertz CT molecular complexity index is 561. The molecule has 2 heterocycles. The first kappa shape index (κ1) is 12.8. The first-order valence-electron chi connectivity index (χ1n) is 6.87. The fourth-order valence-electron chi connectivity index (χ4n) is 2.65. The molecule has 3 rings (SSSR count). The Labute approximate surface area is 117 Å². The van der Waals surface area contributed by atoms with E-state index in [4.69, 9.17) is 5.73 Å². The smallest absolute Gasteiger partial charge is 0.224 e. The van der Waals surface area contributed by atoms with Gasteiger partial charge in [-0.25, -0.2) is 0 Å². The van der Waals surface area contributed by atoms with Crippen LogP contribution in [0.5, 0.6) is 0 Å². The average molecular weight is 274 g/mol. The topological polar surface area (TPSA) is 96.2 Å². The number of carbonyl (C=O) groups is 2. The summed E-state index contributed by atoms with van der Waals surface area (Å²) in [5.41, 5.74) is 9.43. The van der Waals surface area contributed by atoms with E-state index < -0.39 is 0 Å². The third kappa shape index (κ3) is 2.54. The first-order valence-corrected chi connectivity index (χ1v) is 6.87. The fourth-order valence-corrected chi connectivity index (χ4v) is 2.65. The van der Waals surface area contributed by atoms with Crippen LogP contribution in [0.4, 0.5) is 17.1 Å². The molecule has 2 aliphatic heterocycles. The van der Waals surface area contributed by atoms with Gasteiger partial charge in [0.15, 0.2) is 0 Å². The van der Waals surface area contributed by atoms with Gasteiger partial charge in [0, 0.05) is 31.1 Å². The number of anilines is 3. The van der Waals surface area contributed by atoms with E-state index in [2.05, 4.69) is 16.0 Å². The highest BCUT2D eigenvalue weighted by atomic mass is 16.2. The second kappa shape index (κ2) is 5.03. The standard InChI is InChI=1S/C14H18N4O2/c15-10-6-11-8(1-3-14(20)18-11)5-12(10)17-9-2-4-13(19)16-7-9/h5-6,9,17H,1-4,7,15H2,(H,16,19)(H,18,20). The minimum atomic E-state index is 0.0348. The number of hydrogen-bond acceptors (Lipinski definition) is 4. The van der Waals surface area contributed by atoms with Crippen LogP contribution in [-0.4, -0.2) is 24.4 Å². The molecule has 0 aliphatic carbocycles. The fraction of sp³-hybridized carbons (Fsp3) is 0.429. The van der Waals surface area contributed by atoms with Gasteiger partial charge in [0.2, 0.25) is 11.8 Å². The van der Waals surface area contributed by atoms with E-state index in [1.807, 2.05) is 6.07 Å². The van der Waals surface area contributed by atoms with E-state index in [0.29, 0.717) is 25.1 Å². The number of piperidine rings is 1. The van der Waals surface area contributed by atoms with Crippen LogP contribution in [0.1, 0.15) is 24.8 Å². The third-order valence-electron chi connectivity index (χ3n) is 3.80. The summed E-state index contributed by atoms with van der Waals surface area (Å²) in [7, 11) is 0. The van der Waals surface area contributed by atoms with Crippen molar-refractivity contribution in [3.63, 3.8) is 0 Å². The van der Waals surface area contributed by atoms with Gasteiger partial charge in [-0.15, -0.1) is 0 Å². The van der Waals surface area contributed by atoms with Crippen molar-refractivity contribution in [3.8, 4) is 0 Å². The van der Waals surface area contributed by atoms with Gasteiger partial charge >= 0.3 is 0 Å². The molecule has 1 aromatic rings. The Hall–Kier alpha value is -2.24. The van der Waals surface area contributed by atoms with Crippen molar-refractivity contribution in [2.24, 2.45) is 0 Å². The zero-order valence-corrected chi connectivity index (χ0v) is 11.2. The highest BCUT2D eigenvalue weighted by molar-refractivity contribution is 5.95. The lowest BCUT2D eigenvalue weighted by molar-refractivity contribution is -0.122. The summed E-state index contributed by atoms with van der Waals surface area (Å²) in [5.74, 6) is 0.136. The van der Waals surface area contributed by atoms with Crippen molar-refractivity contribution >= 4 is 28.9 Å². The van der Waals surface area contributed by atoms with Crippen molar-refractivity contribution in [2.45, 2.75) is 31.7 Å². The molecule has 0 bridgehead atoms.